The molecule has 0 fully saturated rings. The maximum absolute atomic E-state index is 13.4. The van der Waals surface area contributed by atoms with E-state index < -0.39 is 11.6 Å². The molecule has 5 heteroatoms. The Kier molecular flexibility index (Phi) is 3.81. The van der Waals surface area contributed by atoms with Crippen molar-refractivity contribution in [1.82, 2.24) is 0 Å². The molecule has 94 valence electrons. The molecule has 0 bridgehead atoms. The average Bonchev–Trinajstić information content (AvgIpc) is 2.33. The summed E-state index contributed by atoms with van der Waals surface area (Å²) in [5.74, 6) is -2.07. The second-order valence-corrected chi connectivity index (χ2v) is 4.50. The molecule has 0 aromatic heterocycles. The normalized spacial score (nSPS) is 10.4. The Morgan fingerprint density at radius 3 is 2.56 bits per heavy atom. The quantitative estimate of drug-likeness (QED) is 0.873. The Morgan fingerprint density at radius 1 is 1.11 bits per heavy atom. The fraction of sp³-hybridized carbons (Fsp3) is 0.0769. The number of benzene rings is 2. The third-order valence-corrected chi connectivity index (χ3v) is 3.19. The highest BCUT2D eigenvalue weighted by molar-refractivity contribution is 9.10. The number of halogens is 3. The van der Waals surface area contributed by atoms with Crippen molar-refractivity contribution in [3.63, 3.8) is 0 Å². The summed E-state index contributed by atoms with van der Waals surface area (Å²) in [6.07, 6.45) is 0. The number of nitrogen functional groups attached to an aromatic ring is 1. The van der Waals surface area contributed by atoms with Crippen molar-refractivity contribution in [2.45, 2.75) is 6.61 Å². The lowest BCUT2D eigenvalue weighted by Crippen LogP contribution is -2.03. The first-order valence-electron chi connectivity index (χ1n) is 5.19. The summed E-state index contributed by atoms with van der Waals surface area (Å²) in [6.45, 7) is 0.0631. The van der Waals surface area contributed by atoms with Crippen molar-refractivity contribution in [3.05, 3.63) is 58.1 Å². The van der Waals surface area contributed by atoms with Crippen molar-refractivity contribution in [3.8, 4) is 5.75 Å². The van der Waals surface area contributed by atoms with Crippen molar-refractivity contribution < 1.29 is 13.5 Å². The third kappa shape index (κ3) is 2.61. The van der Waals surface area contributed by atoms with E-state index in [1.165, 1.54) is 12.1 Å². The molecule has 0 saturated heterocycles. The second kappa shape index (κ2) is 5.35. The highest BCUT2D eigenvalue weighted by atomic mass is 79.9. The van der Waals surface area contributed by atoms with Gasteiger partial charge in [0.15, 0.2) is 11.6 Å². The molecule has 0 aliphatic carbocycles. The minimum Gasteiger partial charge on any atom is -0.486 e. The van der Waals surface area contributed by atoms with Gasteiger partial charge in [-0.15, -0.1) is 0 Å². The van der Waals surface area contributed by atoms with Gasteiger partial charge in [0.1, 0.15) is 6.61 Å². The lowest BCUT2D eigenvalue weighted by atomic mass is 10.2. The summed E-state index contributed by atoms with van der Waals surface area (Å²) in [5.41, 5.74) is 7.00. The largest absolute Gasteiger partial charge is 0.486 e. The number of hydrogen-bond donors (Lipinski definition) is 1. The van der Waals surface area contributed by atoms with Crippen LogP contribution < -0.4 is 10.5 Å². The molecule has 0 amide bonds. The van der Waals surface area contributed by atoms with Gasteiger partial charge in [-0.25, -0.2) is 4.39 Å². The third-order valence-electron chi connectivity index (χ3n) is 2.44. The lowest BCUT2D eigenvalue weighted by Gasteiger charge is -2.11. The number of hydrogen-bond acceptors (Lipinski definition) is 2. The monoisotopic (exact) mass is 313 g/mol. The fourth-order valence-electron chi connectivity index (χ4n) is 1.47. The Morgan fingerprint density at radius 2 is 1.83 bits per heavy atom. The summed E-state index contributed by atoms with van der Waals surface area (Å²) in [5, 5.41) is 0. The maximum Gasteiger partial charge on any atom is 0.200 e. The van der Waals surface area contributed by atoms with Gasteiger partial charge in [0.25, 0.3) is 0 Å². The first kappa shape index (κ1) is 12.8. The van der Waals surface area contributed by atoms with Crippen LogP contribution in [0.5, 0.6) is 5.75 Å². The molecule has 2 N–H and O–H groups in total. The smallest absolute Gasteiger partial charge is 0.200 e. The highest BCUT2D eigenvalue weighted by Crippen LogP contribution is 2.26. The van der Waals surface area contributed by atoms with Crippen molar-refractivity contribution in [2.24, 2.45) is 0 Å². The predicted octanol–water partition coefficient (Wildman–Crippen LogP) is 3.89. The summed E-state index contributed by atoms with van der Waals surface area (Å²) in [4.78, 5) is 0. The van der Waals surface area contributed by atoms with Crippen LogP contribution in [0.15, 0.2) is 40.9 Å². The average molecular weight is 314 g/mol. The fourth-order valence-corrected chi connectivity index (χ4v) is 1.97. The molecule has 0 heterocycles. The lowest BCUT2D eigenvalue weighted by molar-refractivity contribution is 0.284. The van der Waals surface area contributed by atoms with Gasteiger partial charge >= 0.3 is 0 Å². The van der Waals surface area contributed by atoms with Gasteiger partial charge in [-0.05, 0) is 24.3 Å². The zero-order valence-corrected chi connectivity index (χ0v) is 10.9. The van der Waals surface area contributed by atoms with Crippen molar-refractivity contribution in [2.75, 3.05) is 5.73 Å². The van der Waals surface area contributed by atoms with Crippen LogP contribution in [0.1, 0.15) is 5.56 Å². The number of ether oxygens (including phenoxy) is 1. The van der Waals surface area contributed by atoms with Crippen LogP contribution in [-0.4, -0.2) is 0 Å². The molecule has 2 nitrogen and oxygen atoms in total. The van der Waals surface area contributed by atoms with Gasteiger partial charge in [-0.3, -0.25) is 0 Å². The number of anilines is 1. The van der Waals surface area contributed by atoms with E-state index in [-0.39, 0.29) is 12.4 Å². The first-order valence-corrected chi connectivity index (χ1v) is 5.98. The van der Waals surface area contributed by atoms with E-state index in [9.17, 15) is 8.78 Å². The SMILES string of the molecule is Nc1cccc(Br)c1COc1cccc(F)c1F. The Balaban J connectivity index is 2.19. The summed E-state index contributed by atoms with van der Waals surface area (Å²) >= 11 is 3.33. The Labute approximate surface area is 112 Å². The van der Waals surface area contributed by atoms with E-state index in [4.69, 9.17) is 10.5 Å². The van der Waals surface area contributed by atoms with Gasteiger partial charge in [0, 0.05) is 15.7 Å². The minimum atomic E-state index is -0.997. The van der Waals surface area contributed by atoms with E-state index in [1.807, 2.05) is 0 Å². The molecular weight excluding hydrogens is 304 g/mol. The zero-order chi connectivity index (χ0) is 13.1. The molecule has 0 radical (unpaired) electrons. The van der Waals surface area contributed by atoms with Gasteiger partial charge in [0.05, 0.1) is 0 Å². The summed E-state index contributed by atoms with van der Waals surface area (Å²) < 4.78 is 32.3. The van der Waals surface area contributed by atoms with Gasteiger partial charge in [-0.2, -0.15) is 4.39 Å². The Bertz CT molecular complexity index is 555. The molecule has 0 unspecified atom stereocenters. The van der Waals surface area contributed by atoms with Crippen LogP contribution in [0.3, 0.4) is 0 Å². The molecule has 2 aromatic rings. The highest BCUT2D eigenvalue weighted by Gasteiger charge is 2.10. The first-order chi connectivity index (χ1) is 8.59. The van der Waals surface area contributed by atoms with Gasteiger partial charge in [-0.1, -0.05) is 28.1 Å². The van der Waals surface area contributed by atoms with E-state index in [2.05, 4.69) is 15.9 Å². The second-order valence-electron chi connectivity index (χ2n) is 3.65. The Hall–Kier alpha value is -1.62. The standard InChI is InChI=1S/C13H10BrF2NO/c14-9-3-1-5-11(17)8(9)7-18-12-6-2-4-10(15)13(12)16/h1-6H,7,17H2. The van der Waals surface area contributed by atoms with Crippen LogP contribution in [0.4, 0.5) is 14.5 Å². The van der Waals surface area contributed by atoms with E-state index in [1.54, 1.807) is 18.2 Å². The molecule has 0 aliphatic heterocycles. The molecule has 0 atom stereocenters. The van der Waals surface area contributed by atoms with Gasteiger partial charge in [0.2, 0.25) is 5.82 Å². The van der Waals surface area contributed by atoms with Crippen molar-refractivity contribution in [1.29, 1.82) is 0 Å². The molecule has 0 saturated carbocycles. The molecular formula is C13H10BrF2NO. The maximum atomic E-state index is 13.4. The molecule has 0 aliphatic rings. The van der Waals surface area contributed by atoms with Gasteiger partial charge < -0.3 is 10.5 Å². The topological polar surface area (TPSA) is 35.2 Å². The van der Waals surface area contributed by atoms with Crippen LogP contribution in [0.25, 0.3) is 0 Å². The van der Waals surface area contributed by atoms with Crippen LogP contribution >= 0.6 is 15.9 Å². The van der Waals surface area contributed by atoms with E-state index >= 15 is 0 Å². The molecule has 2 rings (SSSR count). The zero-order valence-electron chi connectivity index (χ0n) is 9.29. The number of nitrogens with two attached hydrogens (primary N) is 1. The van der Waals surface area contributed by atoms with Crippen LogP contribution in [0, 0.1) is 11.6 Å². The predicted molar refractivity (Wildman–Crippen MR) is 69.2 cm³/mol. The summed E-state index contributed by atoms with van der Waals surface area (Å²) in [7, 11) is 0. The van der Waals surface area contributed by atoms with E-state index in [0.717, 1.165) is 10.5 Å². The summed E-state index contributed by atoms with van der Waals surface area (Å²) in [6, 6.07) is 9.09. The molecule has 18 heavy (non-hydrogen) atoms. The van der Waals surface area contributed by atoms with Crippen LogP contribution in [0.2, 0.25) is 0 Å². The van der Waals surface area contributed by atoms with Crippen LogP contribution in [-0.2, 0) is 6.61 Å². The molecule has 0 spiro atoms. The number of rotatable bonds is 3. The minimum absolute atomic E-state index is 0.0631. The van der Waals surface area contributed by atoms with Crippen molar-refractivity contribution >= 4 is 21.6 Å². The molecule has 2 aromatic carbocycles. The van der Waals surface area contributed by atoms with E-state index in [0.29, 0.717) is 11.3 Å².